The molecule has 5 heteroatoms. The number of phenolic OH excluding ortho intramolecular Hbond substituents is 1. The van der Waals surface area contributed by atoms with Gasteiger partial charge >= 0.3 is 0 Å². The normalized spacial score (nSPS) is 10.8. The highest BCUT2D eigenvalue weighted by molar-refractivity contribution is 6.33. The average molecular weight is 303 g/mol. The highest BCUT2D eigenvalue weighted by Crippen LogP contribution is 2.18. The van der Waals surface area contributed by atoms with E-state index in [2.05, 4.69) is 10.5 Å². The second-order valence-corrected chi connectivity index (χ2v) is 5.15. The minimum absolute atomic E-state index is 0.104. The van der Waals surface area contributed by atoms with E-state index in [1.165, 1.54) is 6.21 Å². The van der Waals surface area contributed by atoms with E-state index in [1.54, 1.807) is 36.4 Å². The maximum absolute atomic E-state index is 11.9. The topological polar surface area (TPSA) is 61.7 Å². The summed E-state index contributed by atoms with van der Waals surface area (Å²) in [5, 5.41) is 13.9. The molecule has 2 aromatic rings. The van der Waals surface area contributed by atoms with Crippen molar-refractivity contribution in [2.75, 3.05) is 0 Å². The van der Waals surface area contributed by atoms with Crippen LogP contribution in [0.15, 0.2) is 41.5 Å². The maximum atomic E-state index is 11.9. The summed E-state index contributed by atoms with van der Waals surface area (Å²) in [4.78, 5) is 11.9. The SMILES string of the molecule is Cc1ccc(C(=O)N/N=C\c2cc(C)ccc2O)c(Cl)c1. The third kappa shape index (κ3) is 3.83. The zero-order chi connectivity index (χ0) is 15.4. The number of rotatable bonds is 3. The van der Waals surface area contributed by atoms with Crippen molar-refractivity contribution in [3.63, 3.8) is 0 Å². The van der Waals surface area contributed by atoms with Gasteiger partial charge in [-0.25, -0.2) is 5.43 Å². The number of aromatic hydroxyl groups is 1. The van der Waals surface area contributed by atoms with Crippen molar-refractivity contribution < 1.29 is 9.90 Å². The minimum Gasteiger partial charge on any atom is -0.507 e. The Morgan fingerprint density at radius 3 is 2.57 bits per heavy atom. The van der Waals surface area contributed by atoms with Crippen molar-refractivity contribution in [2.45, 2.75) is 13.8 Å². The van der Waals surface area contributed by atoms with Gasteiger partial charge in [0.2, 0.25) is 0 Å². The zero-order valence-electron chi connectivity index (χ0n) is 11.7. The molecule has 0 saturated heterocycles. The molecule has 0 aromatic heterocycles. The van der Waals surface area contributed by atoms with E-state index in [-0.39, 0.29) is 5.75 Å². The molecule has 2 aromatic carbocycles. The van der Waals surface area contributed by atoms with Crippen LogP contribution in [0, 0.1) is 13.8 Å². The van der Waals surface area contributed by atoms with Gasteiger partial charge in [0, 0.05) is 5.56 Å². The van der Waals surface area contributed by atoms with Crippen molar-refractivity contribution in [2.24, 2.45) is 5.10 Å². The van der Waals surface area contributed by atoms with E-state index in [1.807, 2.05) is 13.8 Å². The summed E-state index contributed by atoms with van der Waals surface area (Å²) in [6.07, 6.45) is 1.39. The maximum Gasteiger partial charge on any atom is 0.272 e. The number of nitrogens with one attached hydrogen (secondary N) is 1. The van der Waals surface area contributed by atoms with Crippen LogP contribution in [-0.4, -0.2) is 17.2 Å². The molecule has 0 fully saturated rings. The Labute approximate surface area is 128 Å². The van der Waals surface area contributed by atoms with Crippen molar-refractivity contribution in [3.8, 4) is 5.75 Å². The van der Waals surface area contributed by atoms with Crippen LogP contribution in [-0.2, 0) is 0 Å². The summed E-state index contributed by atoms with van der Waals surface area (Å²) in [5.41, 5.74) is 5.24. The van der Waals surface area contributed by atoms with Crippen molar-refractivity contribution in [1.29, 1.82) is 0 Å². The lowest BCUT2D eigenvalue weighted by atomic mass is 10.1. The zero-order valence-corrected chi connectivity index (χ0v) is 12.5. The molecule has 108 valence electrons. The van der Waals surface area contributed by atoms with Gasteiger partial charge in [0.25, 0.3) is 5.91 Å². The van der Waals surface area contributed by atoms with E-state index in [9.17, 15) is 9.90 Å². The molecule has 0 aliphatic heterocycles. The van der Waals surface area contributed by atoms with Crippen LogP contribution in [0.1, 0.15) is 27.0 Å². The van der Waals surface area contributed by atoms with E-state index in [0.717, 1.165) is 11.1 Å². The quantitative estimate of drug-likeness (QED) is 0.674. The van der Waals surface area contributed by atoms with Crippen LogP contribution in [0.5, 0.6) is 5.75 Å². The lowest BCUT2D eigenvalue weighted by Gasteiger charge is -2.04. The first-order valence-electron chi connectivity index (χ1n) is 6.36. The number of hydrogen-bond acceptors (Lipinski definition) is 3. The Bertz CT molecular complexity index is 711. The Hall–Kier alpha value is -2.33. The number of carbonyl (C=O) groups is 1. The number of hydrazone groups is 1. The van der Waals surface area contributed by atoms with Crippen LogP contribution < -0.4 is 5.43 Å². The predicted octanol–water partition coefficient (Wildman–Crippen LogP) is 3.43. The number of benzene rings is 2. The molecule has 0 radical (unpaired) electrons. The first-order chi connectivity index (χ1) is 9.97. The van der Waals surface area contributed by atoms with Crippen LogP contribution in [0.3, 0.4) is 0 Å². The molecule has 0 bridgehead atoms. The van der Waals surface area contributed by atoms with Crippen LogP contribution in [0.25, 0.3) is 0 Å². The van der Waals surface area contributed by atoms with Crippen molar-refractivity contribution in [1.82, 2.24) is 5.43 Å². The molecule has 21 heavy (non-hydrogen) atoms. The molecule has 0 saturated carbocycles. The molecule has 0 spiro atoms. The summed E-state index contributed by atoms with van der Waals surface area (Å²) < 4.78 is 0. The van der Waals surface area contributed by atoms with Gasteiger partial charge in [0.1, 0.15) is 5.75 Å². The fourth-order valence-electron chi connectivity index (χ4n) is 1.80. The van der Waals surface area contributed by atoms with Gasteiger partial charge in [-0.1, -0.05) is 29.3 Å². The van der Waals surface area contributed by atoms with E-state index >= 15 is 0 Å². The lowest BCUT2D eigenvalue weighted by molar-refractivity contribution is 0.0955. The molecule has 0 unspecified atom stereocenters. The largest absolute Gasteiger partial charge is 0.507 e. The lowest BCUT2D eigenvalue weighted by Crippen LogP contribution is -2.18. The molecule has 4 nitrogen and oxygen atoms in total. The number of amides is 1. The molecule has 0 aliphatic carbocycles. The molecule has 0 heterocycles. The number of aryl methyl sites for hydroxylation is 2. The number of nitrogens with zero attached hydrogens (tertiary/aromatic N) is 1. The van der Waals surface area contributed by atoms with Crippen molar-refractivity contribution in [3.05, 3.63) is 63.7 Å². The minimum atomic E-state index is -0.400. The van der Waals surface area contributed by atoms with Gasteiger partial charge in [0.05, 0.1) is 16.8 Å². The van der Waals surface area contributed by atoms with E-state index < -0.39 is 5.91 Å². The van der Waals surface area contributed by atoms with Gasteiger partial charge in [-0.3, -0.25) is 4.79 Å². The molecule has 1 amide bonds. The summed E-state index contributed by atoms with van der Waals surface area (Å²) in [6, 6.07) is 10.3. The predicted molar refractivity (Wildman–Crippen MR) is 84.1 cm³/mol. The number of carbonyl (C=O) groups excluding carboxylic acids is 1. The van der Waals surface area contributed by atoms with Crippen LogP contribution in [0.2, 0.25) is 5.02 Å². The van der Waals surface area contributed by atoms with E-state index in [4.69, 9.17) is 11.6 Å². The first-order valence-corrected chi connectivity index (χ1v) is 6.74. The third-order valence-electron chi connectivity index (χ3n) is 2.92. The fraction of sp³-hybridized carbons (Fsp3) is 0.125. The van der Waals surface area contributed by atoms with Gasteiger partial charge in [0.15, 0.2) is 0 Å². The Kier molecular flexibility index (Phi) is 4.60. The molecular formula is C16H15ClN2O2. The van der Waals surface area contributed by atoms with Gasteiger partial charge in [-0.2, -0.15) is 5.10 Å². The summed E-state index contributed by atoms with van der Waals surface area (Å²) in [7, 11) is 0. The molecule has 0 aliphatic rings. The first kappa shape index (κ1) is 15.1. The summed E-state index contributed by atoms with van der Waals surface area (Å²) in [5.74, 6) is -0.296. The molecular weight excluding hydrogens is 288 g/mol. The second kappa shape index (κ2) is 6.41. The Morgan fingerprint density at radius 2 is 1.86 bits per heavy atom. The van der Waals surface area contributed by atoms with Gasteiger partial charge in [-0.15, -0.1) is 0 Å². The molecule has 2 N–H and O–H groups in total. The van der Waals surface area contributed by atoms with Crippen LogP contribution in [0.4, 0.5) is 0 Å². The number of phenols is 1. The summed E-state index contributed by atoms with van der Waals surface area (Å²) in [6.45, 7) is 3.80. The smallest absolute Gasteiger partial charge is 0.272 e. The van der Waals surface area contributed by atoms with Crippen LogP contribution >= 0.6 is 11.6 Å². The van der Waals surface area contributed by atoms with Gasteiger partial charge in [-0.05, 0) is 43.7 Å². The average Bonchev–Trinajstić information content (AvgIpc) is 2.42. The molecule has 2 rings (SSSR count). The number of halogens is 1. The monoisotopic (exact) mass is 302 g/mol. The van der Waals surface area contributed by atoms with E-state index in [0.29, 0.717) is 16.1 Å². The standard InChI is InChI=1S/C16H15ClN2O2/c1-10-4-6-15(20)12(7-10)9-18-19-16(21)13-5-3-11(2)8-14(13)17/h3-9,20H,1-2H3,(H,19,21)/b18-9-. The van der Waals surface area contributed by atoms with Crippen molar-refractivity contribution >= 4 is 23.7 Å². The highest BCUT2D eigenvalue weighted by Gasteiger charge is 2.09. The molecule has 0 atom stereocenters. The summed E-state index contributed by atoms with van der Waals surface area (Å²) >= 11 is 6.01. The Morgan fingerprint density at radius 1 is 1.19 bits per heavy atom. The fourth-order valence-corrected chi connectivity index (χ4v) is 2.12. The van der Waals surface area contributed by atoms with Gasteiger partial charge < -0.3 is 5.11 Å². The number of hydrogen-bond donors (Lipinski definition) is 2. The highest BCUT2D eigenvalue weighted by atomic mass is 35.5. The Balaban J connectivity index is 2.10. The third-order valence-corrected chi connectivity index (χ3v) is 3.23. The second-order valence-electron chi connectivity index (χ2n) is 4.74.